The van der Waals surface area contributed by atoms with Crippen LogP contribution in [0.2, 0.25) is 0 Å². The maximum atomic E-state index is 12.4. The van der Waals surface area contributed by atoms with Gasteiger partial charge in [-0.15, -0.1) is 5.10 Å². The van der Waals surface area contributed by atoms with Crippen molar-refractivity contribution in [1.29, 1.82) is 0 Å². The van der Waals surface area contributed by atoms with E-state index in [1.54, 1.807) is 4.52 Å². The number of hydrogen-bond donors (Lipinski definition) is 1. The molecule has 1 aliphatic heterocycles. The lowest BCUT2D eigenvalue weighted by Gasteiger charge is -2.21. The van der Waals surface area contributed by atoms with Crippen LogP contribution >= 0.6 is 11.8 Å². The van der Waals surface area contributed by atoms with Crippen molar-refractivity contribution in [2.24, 2.45) is 0 Å². The van der Waals surface area contributed by atoms with Crippen molar-refractivity contribution in [2.45, 2.75) is 38.9 Å². The zero-order valence-corrected chi connectivity index (χ0v) is 17.7. The van der Waals surface area contributed by atoms with E-state index in [0.717, 1.165) is 28.3 Å². The van der Waals surface area contributed by atoms with Crippen LogP contribution in [-0.4, -0.2) is 44.5 Å². The van der Waals surface area contributed by atoms with Gasteiger partial charge in [-0.1, -0.05) is 17.8 Å². The van der Waals surface area contributed by atoms with Crippen LogP contribution < -0.4 is 14.8 Å². The molecule has 8 nitrogen and oxygen atoms in total. The first-order valence-electron chi connectivity index (χ1n) is 9.44. The predicted molar refractivity (Wildman–Crippen MR) is 110 cm³/mol. The van der Waals surface area contributed by atoms with Crippen LogP contribution in [0.25, 0.3) is 5.78 Å². The molecule has 1 amide bonds. The van der Waals surface area contributed by atoms with E-state index in [2.05, 4.69) is 20.4 Å². The van der Waals surface area contributed by atoms with Crippen molar-refractivity contribution in [2.75, 3.05) is 19.0 Å². The summed E-state index contributed by atoms with van der Waals surface area (Å²) in [5.41, 5.74) is 3.99. The molecule has 1 aliphatic rings. The fourth-order valence-electron chi connectivity index (χ4n) is 3.12. The fraction of sp³-hybridized carbons (Fsp3) is 0.400. The minimum Gasteiger partial charge on any atom is -0.486 e. The van der Waals surface area contributed by atoms with Gasteiger partial charge in [0.2, 0.25) is 11.1 Å². The van der Waals surface area contributed by atoms with E-state index in [1.807, 2.05) is 45.9 Å². The van der Waals surface area contributed by atoms with Crippen LogP contribution in [0.15, 0.2) is 23.4 Å². The molecule has 152 valence electrons. The van der Waals surface area contributed by atoms with Crippen LogP contribution in [-0.2, 0) is 4.79 Å². The number of benzene rings is 1. The number of fused-ring (bicyclic) bond motifs is 2. The quantitative estimate of drug-likeness (QED) is 0.643. The van der Waals surface area contributed by atoms with Gasteiger partial charge in [-0.25, -0.2) is 9.50 Å². The van der Waals surface area contributed by atoms with Crippen LogP contribution in [0.3, 0.4) is 0 Å². The molecule has 1 aromatic carbocycles. The standard InChI is InChI=1S/C20H23N5O3S/c1-11-12(2)22-19-23-20(24-25(19)14(11)4)29-10-18(26)21-13(3)15-5-6-16-17(9-15)28-8-7-27-16/h5-6,9,13H,7-8,10H2,1-4H3,(H,21,26)/t13-/m0/s1. The Labute approximate surface area is 173 Å². The first kappa shape index (κ1) is 19.5. The van der Waals surface area contributed by atoms with Crippen molar-refractivity contribution < 1.29 is 14.3 Å². The Balaban J connectivity index is 1.39. The van der Waals surface area contributed by atoms with E-state index >= 15 is 0 Å². The van der Waals surface area contributed by atoms with E-state index in [4.69, 9.17) is 9.47 Å². The number of hydrogen-bond acceptors (Lipinski definition) is 7. The highest BCUT2D eigenvalue weighted by Gasteiger charge is 2.17. The lowest BCUT2D eigenvalue weighted by Crippen LogP contribution is -2.28. The van der Waals surface area contributed by atoms with E-state index in [9.17, 15) is 4.79 Å². The maximum absolute atomic E-state index is 12.4. The van der Waals surface area contributed by atoms with E-state index in [1.165, 1.54) is 11.8 Å². The molecule has 29 heavy (non-hydrogen) atoms. The van der Waals surface area contributed by atoms with Crippen LogP contribution in [0.4, 0.5) is 0 Å². The van der Waals surface area contributed by atoms with Crippen molar-refractivity contribution >= 4 is 23.4 Å². The summed E-state index contributed by atoms with van der Waals surface area (Å²) in [6, 6.07) is 5.58. The number of aryl methyl sites for hydroxylation is 2. The van der Waals surface area contributed by atoms with Gasteiger partial charge in [0.15, 0.2) is 11.5 Å². The van der Waals surface area contributed by atoms with Crippen molar-refractivity contribution in [3.8, 4) is 11.5 Å². The molecule has 0 bridgehead atoms. The largest absolute Gasteiger partial charge is 0.486 e. The summed E-state index contributed by atoms with van der Waals surface area (Å²) in [6.07, 6.45) is 0. The minimum absolute atomic E-state index is 0.0895. The number of rotatable bonds is 5. The van der Waals surface area contributed by atoms with Gasteiger partial charge in [-0.3, -0.25) is 4.79 Å². The molecule has 0 saturated heterocycles. The molecule has 0 radical (unpaired) electrons. The first-order valence-corrected chi connectivity index (χ1v) is 10.4. The van der Waals surface area contributed by atoms with Gasteiger partial charge >= 0.3 is 0 Å². The number of nitrogens with one attached hydrogen (secondary N) is 1. The summed E-state index contributed by atoms with van der Waals surface area (Å²) >= 11 is 1.29. The second-order valence-electron chi connectivity index (χ2n) is 6.99. The molecule has 1 atom stereocenters. The van der Waals surface area contributed by atoms with E-state index in [-0.39, 0.29) is 17.7 Å². The van der Waals surface area contributed by atoms with Gasteiger partial charge < -0.3 is 14.8 Å². The summed E-state index contributed by atoms with van der Waals surface area (Å²) in [6.45, 7) is 8.99. The SMILES string of the molecule is Cc1nc2nc(SCC(=O)N[C@@H](C)c3ccc4c(c3)OCCO4)nn2c(C)c1C. The fourth-order valence-corrected chi connectivity index (χ4v) is 3.75. The van der Waals surface area contributed by atoms with Gasteiger partial charge in [0.25, 0.3) is 5.78 Å². The topological polar surface area (TPSA) is 90.6 Å². The van der Waals surface area contributed by atoms with Crippen LogP contribution in [0.5, 0.6) is 11.5 Å². The van der Waals surface area contributed by atoms with Crippen molar-refractivity contribution in [3.05, 3.63) is 40.7 Å². The van der Waals surface area contributed by atoms with Crippen molar-refractivity contribution in [1.82, 2.24) is 24.9 Å². The Bertz CT molecular complexity index is 1080. The summed E-state index contributed by atoms with van der Waals surface area (Å²) in [5, 5.41) is 8.00. The van der Waals surface area contributed by atoms with Gasteiger partial charge in [0.05, 0.1) is 11.8 Å². The number of aromatic nitrogens is 4. The monoisotopic (exact) mass is 413 g/mol. The zero-order chi connectivity index (χ0) is 20.5. The van der Waals surface area contributed by atoms with Gasteiger partial charge in [-0.05, 0) is 51.0 Å². The number of thioether (sulfide) groups is 1. The molecule has 1 N–H and O–H groups in total. The Hall–Kier alpha value is -2.81. The third-order valence-electron chi connectivity index (χ3n) is 5.02. The van der Waals surface area contributed by atoms with E-state index in [0.29, 0.717) is 29.9 Å². The molecule has 4 rings (SSSR count). The zero-order valence-electron chi connectivity index (χ0n) is 16.9. The highest BCUT2D eigenvalue weighted by Crippen LogP contribution is 2.32. The molecule has 9 heteroatoms. The smallest absolute Gasteiger partial charge is 0.253 e. The average Bonchev–Trinajstić information content (AvgIpc) is 3.13. The van der Waals surface area contributed by atoms with Crippen LogP contribution in [0.1, 0.15) is 35.5 Å². The highest BCUT2D eigenvalue weighted by molar-refractivity contribution is 7.99. The summed E-state index contributed by atoms with van der Waals surface area (Å²) in [4.78, 5) is 21.3. The first-order chi connectivity index (χ1) is 13.9. The van der Waals surface area contributed by atoms with Gasteiger partial charge in [-0.2, -0.15) is 4.98 Å². The molecular formula is C20H23N5O3S. The molecule has 3 heterocycles. The molecule has 0 spiro atoms. The molecule has 0 saturated carbocycles. The number of nitrogens with zero attached hydrogens (tertiary/aromatic N) is 4. The average molecular weight is 414 g/mol. The van der Waals surface area contributed by atoms with Gasteiger partial charge in [0.1, 0.15) is 13.2 Å². The third-order valence-corrected chi connectivity index (χ3v) is 5.86. The summed E-state index contributed by atoms with van der Waals surface area (Å²) in [7, 11) is 0. The molecule has 2 aromatic heterocycles. The molecular weight excluding hydrogens is 390 g/mol. The number of amides is 1. The lowest BCUT2D eigenvalue weighted by atomic mass is 10.1. The minimum atomic E-state index is -0.151. The Morgan fingerprint density at radius 3 is 2.76 bits per heavy atom. The molecule has 0 unspecified atom stereocenters. The molecule has 0 aliphatic carbocycles. The third kappa shape index (κ3) is 4.00. The van der Waals surface area contributed by atoms with Crippen molar-refractivity contribution in [3.63, 3.8) is 0 Å². The number of carbonyl (C=O) groups is 1. The molecule has 0 fully saturated rings. The Morgan fingerprint density at radius 1 is 1.21 bits per heavy atom. The highest BCUT2D eigenvalue weighted by atomic mass is 32.2. The summed E-state index contributed by atoms with van der Waals surface area (Å²) < 4.78 is 12.9. The normalized spacial score (nSPS) is 14.1. The number of carbonyl (C=O) groups excluding carboxylic acids is 1. The van der Waals surface area contributed by atoms with E-state index < -0.39 is 0 Å². The summed E-state index contributed by atoms with van der Waals surface area (Å²) in [5.74, 6) is 2.14. The predicted octanol–water partition coefficient (Wildman–Crippen LogP) is 2.79. The lowest BCUT2D eigenvalue weighted by molar-refractivity contribution is -0.119. The van der Waals surface area contributed by atoms with Gasteiger partial charge in [0, 0.05) is 11.4 Å². The maximum Gasteiger partial charge on any atom is 0.253 e. The van der Waals surface area contributed by atoms with Crippen LogP contribution in [0, 0.1) is 20.8 Å². The Morgan fingerprint density at radius 2 is 1.97 bits per heavy atom. The Kier molecular flexibility index (Phi) is 5.31. The second-order valence-corrected chi connectivity index (χ2v) is 7.94. The molecule has 3 aromatic rings. The number of ether oxygens (including phenoxy) is 2. The second kappa shape index (κ2) is 7.90.